The largest absolute Gasteiger partial charge is 0.485 e. The van der Waals surface area contributed by atoms with Gasteiger partial charge in [0, 0.05) is 25.6 Å². The number of amides is 3. The molecule has 0 saturated carbocycles. The Morgan fingerprint density at radius 2 is 1.97 bits per heavy atom. The number of para-hydroxylation sites is 1. The second-order valence-electron chi connectivity index (χ2n) is 10.0. The van der Waals surface area contributed by atoms with Crippen LogP contribution < -0.4 is 14.8 Å². The summed E-state index contributed by atoms with van der Waals surface area (Å²) in [6, 6.07) is 3.74. The van der Waals surface area contributed by atoms with Crippen molar-refractivity contribution in [1.29, 1.82) is 0 Å². The molecular formula is C25H37N5O7S. The number of aromatic nitrogens is 1. The van der Waals surface area contributed by atoms with Crippen LogP contribution in [0.5, 0.6) is 5.75 Å². The molecule has 0 bridgehead atoms. The van der Waals surface area contributed by atoms with Crippen LogP contribution in [-0.2, 0) is 10.0 Å². The average Bonchev–Trinajstić information content (AvgIpc) is 3.19. The molecule has 2 aromatic rings. The molecule has 38 heavy (non-hydrogen) atoms. The fourth-order valence-corrected chi connectivity index (χ4v) is 5.70. The molecule has 0 spiro atoms. The summed E-state index contributed by atoms with van der Waals surface area (Å²) < 4.78 is 40.5. The molecule has 1 aromatic heterocycles. The van der Waals surface area contributed by atoms with Crippen LogP contribution in [0.1, 0.15) is 49.5 Å². The van der Waals surface area contributed by atoms with E-state index in [2.05, 4.69) is 15.2 Å². The Labute approximate surface area is 223 Å². The molecule has 0 radical (unpaired) electrons. The molecule has 1 aliphatic rings. The van der Waals surface area contributed by atoms with Crippen LogP contribution in [0.4, 0.5) is 10.5 Å². The normalized spacial score (nSPS) is 18.8. The standard InChI is InChI=1S/C25H37N5O7S/c1-14(2)26-25(33)29(7)12-21-15(3)11-30(16(4)13-31)24(32)19-9-8-10-20(22(19)36-21)28-38(34,35)23-17(5)27-37-18(23)6/h8-10,14-16,21,28,31H,11-13H2,1-7H3,(H,26,33)/t15-,16-,21-/m1/s1. The van der Waals surface area contributed by atoms with Crippen molar-refractivity contribution in [1.82, 2.24) is 20.3 Å². The fourth-order valence-electron chi connectivity index (χ4n) is 4.31. The van der Waals surface area contributed by atoms with Crippen LogP contribution in [0.2, 0.25) is 0 Å². The number of rotatable bonds is 8. The van der Waals surface area contributed by atoms with Crippen molar-refractivity contribution in [3.63, 3.8) is 0 Å². The Hall–Kier alpha value is -3.32. The first kappa shape index (κ1) is 29.2. The molecule has 0 saturated heterocycles. The summed E-state index contributed by atoms with van der Waals surface area (Å²) >= 11 is 0. The number of sulfonamides is 1. The van der Waals surface area contributed by atoms with E-state index in [1.807, 2.05) is 20.8 Å². The van der Waals surface area contributed by atoms with E-state index in [1.54, 1.807) is 31.0 Å². The van der Waals surface area contributed by atoms with Crippen LogP contribution in [0.25, 0.3) is 0 Å². The Kier molecular flexibility index (Phi) is 8.93. The van der Waals surface area contributed by atoms with Crippen LogP contribution in [0.3, 0.4) is 0 Å². The molecule has 0 aliphatic carbocycles. The number of hydrogen-bond acceptors (Lipinski definition) is 8. The minimum Gasteiger partial charge on any atom is -0.485 e. The van der Waals surface area contributed by atoms with Crippen molar-refractivity contribution in [2.24, 2.45) is 5.92 Å². The predicted molar refractivity (Wildman–Crippen MR) is 141 cm³/mol. The smallest absolute Gasteiger partial charge is 0.317 e. The van der Waals surface area contributed by atoms with E-state index >= 15 is 0 Å². The van der Waals surface area contributed by atoms with Gasteiger partial charge < -0.3 is 29.5 Å². The zero-order valence-electron chi connectivity index (χ0n) is 22.8. The zero-order chi connectivity index (χ0) is 28.4. The van der Waals surface area contributed by atoms with E-state index in [9.17, 15) is 23.1 Å². The lowest BCUT2D eigenvalue weighted by atomic mass is 9.99. The summed E-state index contributed by atoms with van der Waals surface area (Å²) in [5.41, 5.74) is 0.384. The SMILES string of the molecule is Cc1noc(C)c1S(=O)(=O)Nc1cccc2c1O[C@H](CN(C)C(=O)NC(C)C)[C@H](C)CN([C@H](C)CO)C2=O. The Morgan fingerprint density at radius 3 is 2.55 bits per heavy atom. The number of benzene rings is 1. The molecule has 2 heterocycles. The number of aryl methyl sites for hydroxylation is 2. The van der Waals surface area contributed by atoms with Crippen LogP contribution >= 0.6 is 0 Å². The van der Waals surface area contributed by atoms with Gasteiger partial charge in [-0.25, -0.2) is 13.2 Å². The maximum Gasteiger partial charge on any atom is 0.317 e. The maximum absolute atomic E-state index is 13.6. The molecule has 1 aliphatic heterocycles. The van der Waals surface area contributed by atoms with Gasteiger partial charge in [-0.2, -0.15) is 0 Å². The first-order valence-corrected chi connectivity index (χ1v) is 13.9. The minimum absolute atomic E-state index is 0.0391. The van der Waals surface area contributed by atoms with Crippen molar-refractivity contribution in [2.75, 3.05) is 31.5 Å². The molecule has 1 aromatic carbocycles. The number of anilines is 1. The third-order valence-electron chi connectivity index (χ3n) is 6.38. The number of carbonyl (C=O) groups is 2. The first-order chi connectivity index (χ1) is 17.8. The Balaban J connectivity index is 2.08. The number of aliphatic hydroxyl groups excluding tert-OH is 1. The van der Waals surface area contributed by atoms with E-state index in [0.29, 0.717) is 0 Å². The van der Waals surface area contributed by atoms with Gasteiger partial charge in [0.05, 0.1) is 30.4 Å². The molecule has 13 heteroatoms. The second kappa shape index (κ2) is 11.6. The average molecular weight is 552 g/mol. The van der Waals surface area contributed by atoms with Gasteiger partial charge in [-0.1, -0.05) is 18.1 Å². The number of urea groups is 1. The molecule has 3 rings (SSSR count). The first-order valence-electron chi connectivity index (χ1n) is 12.5. The van der Waals surface area contributed by atoms with Gasteiger partial charge in [0.1, 0.15) is 11.8 Å². The topological polar surface area (TPSA) is 154 Å². The lowest BCUT2D eigenvalue weighted by Crippen LogP contribution is -2.51. The maximum atomic E-state index is 13.6. The fraction of sp³-hybridized carbons (Fsp3) is 0.560. The highest BCUT2D eigenvalue weighted by atomic mass is 32.2. The van der Waals surface area contributed by atoms with E-state index in [1.165, 1.54) is 24.8 Å². The van der Waals surface area contributed by atoms with Crippen LogP contribution in [0.15, 0.2) is 27.6 Å². The molecule has 3 N–H and O–H groups in total. The summed E-state index contributed by atoms with van der Waals surface area (Å²) in [4.78, 5) is 29.1. The number of nitrogens with zero attached hydrogens (tertiary/aromatic N) is 3. The monoisotopic (exact) mass is 551 g/mol. The summed E-state index contributed by atoms with van der Waals surface area (Å²) in [6.45, 7) is 10.5. The van der Waals surface area contributed by atoms with Gasteiger partial charge in [-0.05, 0) is 46.8 Å². The van der Waals surface area contributed by atoms with Gasteiger partial charge >= 0.3 is 6.03 Å². The number of carbonyl (C=O) groups excluding carboxylic acids is 2. The summed E-state index contributed by atoms with van der Waals surface area (Å²) in [6.07, 6.45) is -0.608. The van der Waals surface area contributed by atoms with Gasteiger partial charge in [0.2, 0.25) is 0 Å². The second-order valence-corrected chi connectivity index (χ2v) is 11.7. The highest BCUT2D eigenvalue weighted by Gasteiger charge is 2.36. The third kappa shape index (κ3) is 6.21. The number of hydrogen-bond donors (Lipinski definition) is 3. The van der Waals surface area contributed by atoms with E-state index in [-0.39, 0.29) is 71.0 Å². The van der Waals surface area contributed by atoms with Crippen LogP contribution in [0, 0.1) is 19.8 Å². The number of fused-ring (bicyclic) bond motifs is 1. The highest BCUT2D eigenvalue weighted by molar-refractivity contribution is 7.92. The van der Waals surface area contributed by atoms with Gasteiger partial charge in [0.15, 0.2) is 16.4 Å². The molecule has 3 atom stereocenters. The van der Waals surface area contributed by atoms with E-state index in [4.69, 9.17) is 9.26 Å². The van der Waals surface area contributed by atoms with Crippen molar-refractivity contribution >= 4 is 27.6 Å². The number of likely N-dealkylation sites (N-methyl/N-ethyl adjacent to an activating group) is 1. The summed E-state index contributed by atoms with van der Waals surface area (Å²) in [5.74, 6) is -0.519. The minimum atomic E-state index is -4.14. The van der Waals surface area contributed by atoms with Crippen molar-refractivity contribution in [2.45, 2.75) is 64.6 Å². The lowest BCUT2D eigenvalue weighted by Gasteiger charge is -2.38. The predicted octanol–water partition coefficient (Wildman–Crippen LogP) is 2.36. The van der Waals surface area contributed by atoms with Gasteiger partial charge in [-0.3, -0.25) is 9.52 Å². The van der Waals surface area contributed by atoms with Gasteiger partial charge in [0.25, 0.3) is 15.9 Å². The highest BCUT2D eigenvalue weighted by Crippen LogP contribution is 2.36. The van der Waals surface area contributed by atoms with E-state index in [0.717, 1.165) is 0 Å². The summed E-state index contributed by atoms with van der Waals surface area (Å²) in [5, 5.41) is 16.4. The molecule has 210 valence electrons. The lowest BCUT2D eigenvalue weighted by molar-refractivity contribution is 0.0369. The van der Waals surface area contributed by atoms with Gasteiger partial charge in [-0.15, -0.1) is 0 Å². The quantitative estimate of drug-likeness (QED) is 0.452. The third-order valence-corrected chi connectivity index (χ3v) is 7.99. The summed E-state index contributed by atoms with van der Waals surface area (Å²) in [7, 11) is -2.51. The molecule has 12 nitrogen and oxygen atoms in total. The Morgan fingerprint density at radius 1 is 1.29 bits per heavy atom. The number of ether oxygens (including phenoxy) is 1. The number of nitrogens with one attached hydrogen (secondary N) is 2. The van der Waals surface area contributed by atoms with Crippen molar-refractivity contribution < 1.29 is 32.4 Å². The Bertz CT molecular complexity index is 1260. The van der Waals surface area contributed by atoms with Crippen molar-refractivity contribution in [3.8, 4) is 5.75 Å². The molecule has 0 unspecified atom stereocenters. The molecule has 3 amide bonds. The van der Waals surface area contributed by atoms with E-state index < -0.39 is 28.1 Å². The molecule has 0 fully saturated rings. The zero-order valence-corrected chi connectivity index (χ0v) is 23.6. The van der Waals surface area contributed by atoms with Crippen molar-refractivity contribution in [3.05, 3.63) is 35.2 Å². The van der Waals surface area contributed by atoms with Crippen LogP contribution in [-0.4, -0.2) is 85.4 Å². The molecular weight excluding hydrogens is 514 g/mol. The number of aliphatic hydroxyl groups is 1.